The SMILES string of the molecule is CCOC(=O)c1cnc(N[C@H]2C[C@@H](CC)N(C(=O)OCC)c3ccc(OC)nc32)nc1Cc1cc(C(F)(F)F)cc(C(F)(F)F)c1. The summed E-state index contributed by atoms with van der Waals surface area (Å²) in [4.78, 5) is 40.2. The molecule has 46 heavy (non-hydrogen) atoms. The number of ether oxygens (including phenoxy) is 3. The number of hydrogen-bond acceptors (Lipinski definition) is 9. The maximum atomic E-state index is 13.5. The van der Waals surface area contributed by atoms with Gasteiger partial charge in [0.15, 0.2) is 0 Å². The van der Waals surface area contributed by atoms with E-state index in [9.17, 15) is 35.9 Å². The van der Waals surface area contributed by atoms with Gasteiger partial charge in [-0.25, -0.2) is 24.5 Å². The number of hydrogen-bond donors (Lipinski definition) is 1. The highest BCUT2D eigenvalue weighted by molar-refractivity contribution is 5.91. The maximum absolute atomic E-state index is 13.5. The molecule has 2 atom stereocenters. The van der Waals surface area contributed by atoms with E-state index in [0.29, 0.717) is 36.4 Å². The number of pyridine rings is 1. The topological polar surface area (TPSA) is 116 Å². The van der Waals surface area contributed by atoms with Gasteiger partial charge in [0.05, 0.1) is 60.1 Å². The summed E-state index contributed by atoms with van der Waals surface area (Å²) in [7, 11) is 1.42. The van der Waals surface area contributed by atoms with E-state index in [1.807, 2.05) is 6.92 Å². The highest BCUT2D eigenvalue weighted by atomic mass is 19.4. The summed E-state index contributed by atoms with van der Waals surface area (Å²) in [6.45, 7) is 5.18. The fourth-order valence-corrected chi connectivity index (χ4v) is 5.10. The smallest absolute Gasteiger partial charge is 0.416 e. The first-order valence-electron chi connectivity index (χ1n) is 14.3. The minimum Gasteiger partial charge on any atom is -0.481 e. The molecule has 1 aliphatic heterocycles. The van der Waals surface area contributed by atoms with Crippen molar-refractivity contribution in [1.82, 2.24) is 15.0 Å². The number of carbonyl (C=O) groups is 2. The van der Waals surface area contributed by atoms with Crippen molar-refractivity contribution < 1.29 is 50.1 Å². The molecule has 1 aromatic carbocycles. The lowest BCUT2D eigenvalue weighted by Gasteiger charge is -2.39. The van der Waals surface area contributed by atoms with Gasteiger partial charge in [-0.1, -0.05) is 6.92 Å². The van der Waals surface area contributed by atoms with Crippen molar-refractivity contribution in [2.75, 3.05) is 30.5 Å². The van der Waals surface area contributed by atoms with Crippen molar-refractivity contribution in [3.05, 3.63) is 70.2 Å². The van der Waals surface area contributed by atoms with Crippen molar-refractivity contribution in [1.29, 1.82) is 0 Å². The van der Waals surface area contributed by atoms with Crippen molar-refractivity contribution >= 4 is 23.7 Å². The Morgan fingerprint density at radius 2 is 1.61 bits per heavy atom. The van der Waals surface area contributed by atoms with Gasteiger partial charge in [0, 0.05) is 24.7 Å². The van der Waals surface area contributed by atoms with Crippen LogP contribution in [0.4, 0.5) is 42.8 Å². The first-order chi connectivity index (χ1) is 21.7. The molecule has 10 nitrogen and oxygen atoms in total. The Kier molecular flexibility index (Phi) is 10.3. The number of rotatable bonds is 9. The van der Waals surface area contributed by atoms with Gasteiger partial charge in [-0.2, -0.15) is 26.3 Å². The van der Waals surface area contributed by atoms with E-state index in [2.05, 4.69) is 20.3 Å². The van der Waals surface area contributed by atoms with Crippen LogP contribution in [0.1, 0.15) is 78.1 Å². The molecule has 0 saturated heterocycles. The predicted octanol–water partition coefficient (Wildman–Crippen LogP) is 6.98. The number of nitrogens with zero attached hydrogens (tertiary/aromatic N) is 4. The van der Waals surface area contributed by atoms with E-state index >= 15 is 0 Å². The molecule has 0 radical (unpaired) electrons. The van der Waals surface area contributed by atoms with Crippen LogP contribution in [-0.4, -0.2) is 53.4 Å². The second-order valence-corrected chi connectivity index (χ2v) is 10.2. The molecule has 1 aliphatic rings. The first-order valence-corrected chi connectivity index (χ1v) is 14.3. The second kappa shape index (κ2) is 13.8. The van der Waals surface area contributed by atoms with Gasteiger partial charge >= 0.3 is 24.4 Å². The Hall–Kier alpha value is -4.63. The second-order valence-electron chi connectivity index (χ2n) is 10.2. The van der Waals surface area contributed by atoms with Gasteiger partial charge in [0.1, 0.15) is 0 Å². The number of amides is 1. The van der Waals surface area contributed by atoms with Crippen molar-refractivity contribution in [2.45, 2.75) is 64.5 Å². The zero-order chi connectivity index (χ0) is 33.8. The highest BCUT2D eigenvalue weighted by Crippen LogP contribution is 2.40. The quantitative estimate of drug-likeness (QED) is 0.193. The van der Waals surface area contributed by atoms with E-state index in [1.165, 1.54) is 18.9 Å². The lowest BCUT2D eigenvalue weighted by atomic mass is 9.93. The van der Waals surface area contributed by atoms with Gasteiger partial charge in [0.2, 0.25) is 11.8 Å². The van der Waals surface area contributed by atoms with Gasteiger partial charge in [-0.15, -0.1) is 0 Å². The van der Waals surface area contributed by atoms with Crippen LogP contribution in [0.5, 0.6) is 5.88 Å². The molecule has 0 bridgehead atoms. The van der Waals surface area contributed by atoms with Crippen LogP contribution in [0.2, 0.25) is 0 Å². The number of halogens is 6. The largest absolute Gasteiger partial charge is 0.481 e. The summed E-state index contributed by atoms with van der Waals surface area (Å²) in [6.07, 6.45) is -9.37. The van der Waals surface area contributed by atoms with Crippen LogP contribution in [0.3, 0.4) is 0 Å². The van der Waals surface area contributed by atoms with E-state index < -0.39 is 48.0 Å². The third-order valence-electron chi connectivity index (χ3n) is 7.17. The number of nitrogens with one attached hydrogen (secondary N) is 1. The normalized spacial score (nSPS) is 16.4. The number of esters is 1. The van der Waals surface area contributed by atoms with Crippen LogP contribution in [0, 0.1) is 0 Å². The Labute approximate surface area is 260 Å². The van der Waals surface area contributed by atoms with Crippen molar-refractivity contribution in [3.63, 3.8) is 0 Å². The van der Waals surface area contributed by atoms with Crippen LogP contribution in [-0.2, 0) is 28.2 Å². The molecule has 3 aromatic rings. The lowest BCUT2D eigenvalue weighted by Crippen LogP contribution is -2.46. The first kappa shape index (κ1) is 34.2. The maximum Gasteiger partial charge on any atom is 0.416 e. The number of anilines is 2. The van der Waals surface area contributed by atoms with Gasteiger partial charge < -0.3 is 19.5 Å². The van der Waals surface area contributed by atoms with Crippen molar-refractivity contribution in [2.24, 2.45) is 0 Å². The van der Waals surface area contributed by atoms with Crippen LogP contribution >= 0.6 is 0 Å². The average molecular weight is 656 g/mol. The summed E-state index contributed by atoms with van der Waals surface area (Å²) >= 11 is 0. The average Bonchev–Trinajstić information content (AvgIpc) is 3.00. The number of carbonyl (C=O) groups excluding carboxylic acids is 2. The summed E-state index contributed by atoms with van der Waals surface area (Å²) in [6, 6.07) is 3.40. The number of fused-ring (bicyclic) bond motifs is 1. The Balaban J connectivity index is 1.78. The van der Waals surface area contributed by atoms with E-state index in [1.54, 1.807) is 19.1 Å². The number of benzene rings is 1. The minimum atomic E-state index is -5.06. The third kappa shape index (κ3) is 7.59. The molecule has 3 heterocycles. The number of methoxy groups -OCH3 is 1. The summed E-state index contributed by atoms with van der Waals surface area (Å²) in [5.41, 5.74) is -2.98. The van der Waals surface area contributed by atoms with E-state index in [-0.39, 0.29) is 54.0 Å². The molecule has 0 aliphatic carbocycles. The number of aromatic nitrogens is 3. The van der Waals surface area contributed by atoms with Gasteiger partial charge in [-0.3, -0.25) is 4.90 Å². The van der Waals surface area contributed by atoms with Crippen molar-refractivity contribution in [3.8, 4) is 5.88 Å². The fourth-order valence-electron chi connectivity index (χ4n) is 5.10. The molecule has 0 spiro atoms. The van der Waals surface area contributed by atoms with Crippen LogP contribution in [0.15, 0.2) is 36.5 Å². The number of alkyl halides is 6. The van der Waals surface area contributed by atoms with E-state index in [0.717, 1.165) is 6.20 Å². The molecule has 4 rings (SSSR count). The standard InChI is InChI=1S/C30H31F6N5O5/c1-5-19-14-22(25-23(8-9-24(40-25)44-4)41(19)28(43)46-7-3)39-27-37-15-20(26(42)45-6-2)21(38-27)12-16-10-17(29(31,32)33)13-18(11-16)30(34,35)36/h8-11,13,15,19,22H,5-7,12,14H2,1-4H3,(H,37,38,39)/t19-,22+/m1/s1. The third-order valence-corrected chi connectivity index (χ3v) is 7.17. The molecule has 2 aromatic heterocycles. The monoisotopic (exact) mass is 655 g/mol. The van der Waals surface area contributed by atoms with Gasteiger partial charge in [0.25, 0.3) is 0 Å². The van der Waals surface area contributed by atoms with Crippen LogP contribution in [0.25, 0.3) is 0 Å². The lowest BCUT2D eigenvalue weighted by molar-refractivity contribution is -0.143. The summed E-state index contributed by atoms with van der Waals surface area (Å²) in [5, 5.41) is 3.11. The zero-order valence-electron chi connectivity index (χ0n) is 25.3. The zero-order valence-corrected chi connectivity index (χ0v) is 25.3. The Morgan fingerprint density at radius 1 is 0.957 bits per heavy atom. The predicted molar refractivity (Wildman–Crippen MR) is 153 cm³/mol. The molecular formula is C30H31F6N5O5. The minimum absolute atomic E-state index is 0.0221. The molecule has 1 N–H and O–H groups in total. The molecule has 16 heteroatoms. The molecule has 1 amide bonds. The molecule has 0 saturated carbocycles. The molecule has 248 valence electrons. The molecule has 0 unspecified atom stereocenters. The summed E-state index contributed by atoms with van der Waals surface area (Å²) in [5.74, 6) is -0.753. The molecular weight excluding hydrogens is 624 g/mol. The van der Waals surface area contributed by atoms with Crippen LogP contribution < -0.4 is 15.0 Å². The molecule has 0 fully saturated rings. The Bertz CT molecular complexity index is 1550. The van der Waals surface area contributed by atoms with Gasteiger partial charge in [-0.05, 0) is 56.5 Å². The Morgan fingerprint density at radius 3 is 2.17 bits per heavy atom. The highest BCUT2D eigenvalue weighted by Gasteiger charge is 2.39. The summed E-state index contributed by atoms with van der Waals surface area (Å²) < 4.78 is 96.8. The fraction of sp³-hybridized carbons (Fsp3) is 0.433. The van der Waals surface area contributed by atoms with E-state index in [4.69, 9.17) is 14.2 Å².